The number of unbranched alkanes of at least 4 members (excludes halogenated alkanes) is 13. The summed E-state index contributed by atoms with van der Waals surface area (Å²) in [5.41, 5.74) is 0. The zero-order valence-corrected chi connectivity index (χ0v) is 32.1. The molecule has 284 valence electrons. The number of carbonyl (C=O) groups is 2. The smallest absolute Gasteiger partial charge is 0.306 e. The minimum absolute atomic E-state index is 0.107. The molecule has 1 atom stereocenters. The van der Waals surface area contributed by atoms with Crippen molar-refractivity contribution in [2.75, 3.05) is 13.2 Å². The van der Waals surface area contributed by atoms with E-state index < -0.39 is 6.10 Å². The van der Waals surface area contributed by atoms with Gasteiger partial charge in [0.2, 0.25) is 0 Å². The Morgan fingerprint density at radius 3 is 1.30 bits per heavy atom. The van der Waals surface area contributed by atoms with Crippen LogP contribution in [-0.4, -0.2) is 36.4 Å². The molecular formula is C45H74O5. The highest BCUT2D eigenvalue weighted by atomic mass is 16.6. The van der Waals surface area contributed by atoms with Gasteiger partial charge in [-0.25, -0.2) is 0 Å². The van der Waals surface area contributed by atoms with Gasteiger partial charge in [-0.1, -0.05) is 150 Å². The van der Waals surface area contributed by atoms with Crippen molar-refractivity contribution >= 4 is 11.9 Å². The average Bonchev–Trinajstić information content (AvgIpc) is 3.12. The molecule has 0 aromatic rings. The van der Waals surface area contributed by atoms with Gasteiger partial charge in [0.1, 0.15) is 6.61 Å². The molecule has 0 heterocycles. The molecule has 0 amide bonds. The fourth-order valence-corrected chi connectivity index (χ4v) is 5.08. The van der Waals surface area contributed by atoms with E-state index in [9.17, 15) is 14.7 Å². The second-order valence-electron chi connectivity index (χ2n) is 13.0. The lowest BCUT2D eigenvalue weighted by molar-refractivity contribution is -0.161. The molecule has 0 unspecified atom stereocenters. The van der Waals surface area contributed by atoms with E-state index in [2.05, 4.69) is 98.9 Å². The predicted molar refractivity (Wildman–Crippen MR) is 214 cm³/mol. The van der Waals surface area contributed by atoms with Crippen molar-refractivity contribution in [2.45, 2.75) is 174 Å². The van der Waals surface area contributed by atoms with Gasteiger partial charge in [0.05, 0.1) is 6.61 Å². The summed E-state index contributed by atoms with van der Waals surface area (Å²) in [5.74, 6) is -0.696. The van der Waals surface area contributed by atoms with Crippen molar-refractivity contribution in [2.24, 2.45) is 0 Å². The maximum absolute atomic E-state index is 12.1. The normalized spacial score (nSPS) is 13.1. The molecule has 0 aliphatic heterocycles. The van der Waals surface area contributed by atoms with E-state index >= 15 is 0 Å². The number of hydrogen-bond donors (Lipinski definition) is 1. The number of allylic oxidation sites excluding steroid dienone is 14. The maximum atomic E-state index is 12.1. The van der Waals surface area contributed by atoms with Crippen LogP contribution in [0.15, 0.2) is 85.1 Å². The SMILES string of the molecule is CCCCCC=CCC=CCC=CCC=CCCCCCC(=O)OC[C@H](CO)OC(=O)CCCC=CCC=CCC=CCCCCCCCC. The predicted octanol–water partition coefficient (Wildman–Crippen LogP) is 12.7. The Labute approximate surface area is 307 Å². The van der Waals surface area contributed by atoms with Crippen LogP contribution in [0.25, 0.3) is 0 Å². The van der Waals surface area contributed by atoms with E-state index in [4.69, 9.17) is 9.47 Å². The number of rotatable bonds is 35. The maximum Gasteiger partial charge on any atom is 0.306 e. The third-order valence-electron chi connectivity index (χ3n) is 8.16. The summed E-state index contributed by atoms with van der Waals surface area (Å²) in [4.78, 5) is 24.2. The first-order chi connectivity index (χ1) is 24.6. The lowest BCUT2D eigenvalue weighted by Crippen LogP contribution is -2.28. The van der Waals surface area contributed by atoms with Crippen LogP contribution in [0.5, 0.6) is 0 Å². The zero-order valence-electron chi connectivity index (χ0n) is 32.1. The molecule has 0 rings (SSSR count). The van der Waals surface area contributed by atoms with Gasteiger partial charge < -0.3 is 14.6 Å². The van der Waals surface area contributed by atoms with Crippen molar-refractivity contribution in [1.29, 1.82) is 0 Å². The molecule has 0 saturated carbocycles. The summed E-state index contributed by atoms with van der Waals surface area (Å²) in [6.07, 6.45) is 55.0. The fraction of sp³-hybridized carbons (Fsp3) is 0.644. The van der Waals surface area contributed by atoms with E-state index in [0.29, 0.717) is 12.8 Å². The average molecular weight is 695 g/mol. The van der Waals surface area contributed by atoms with Gasteiger partial charge in [-0.05, 0) is 89.9 Å². The van der Waals surface area contributed by atoms with Gasteiger partial charge in [-0.3, -0.25) is 9.59 Å². The molecule has 0 aromatic carbocycles. The standard InChI is InChI=1S/C45H74O5/c1-3-5-7-9-11-13-15-17-19-21-22-24-25-27-29-31-33-35-37-39-44(47)49-42-43(41-46)50-45(48)40-38-36-34-32-30-28-26-23-20-18-16-14-12-10-8-6-4-2/h11,13,17-20,22,24,26-29,32,34,43,46H,3-10,12,14-16,21,23,25,30-31,33,35-42H2,1-2H3/t43-/m0/s1. The van der Waals surface area contributed by atoms with Crippen LogP contribution >= 0.6 is 0 Å². The Balaban J connectivity index is 3.74. The molecule has 5 heteroatoms. The van der Waals surface area contributed by atoms with Gasteiger partial charge in [-0.2, -0.15) is 0 Å². The van der Waals surface area contributed by atoms with Crippen molar-refractivity contribution in [1.82, 2.24) is 0 Å². The van der Waals surface area contributed by atoms with Crippen molar-refractivity contribution < 1.29 is 24.2 Å². The quantitative estimate of drug-likeness (QED) is 0.0406. The minimum Gasteiger partial charge on any atom is -0.462 e. The van der Waals surface area contributed by atoms with E-state index in [1.807, 2.05) is 0 Å². The molecule has 0 aliphatic carbocycles. The topological polar surface area (TPSA) is 72.8 Å². The monoisotopic (exact) mass is 695 g/mol. The zero-order chi connectivity index (χ0) is 36.4. The fourth-order valence-electron chi connectivity index (χ4n) is 5.08. The van der Waals surface area contributed by atoms with Crippen LogP contribution in [0.3, 0.4) is 0 Å². The number of aliphatic hydroxyl groups is 1. The highest BCUT2D eigenvalue weighted by Gasteiger charge is 2.15. The Morgan fingerprint density at radius 2 is 0.820 bits per heavy atom. The summed E-state index contributed by atoms with van der Waals surface area (Å²) in [6.45, 7) is 4.01. The van der Waals surface area contributed by atoms with Crippen molar-refractivity contribution in [3.63, 3.8) is 0 Å². The molecule has 0 bridgehead atoms. The summed E-state index contributed by atoms with van der Waals surface area (Å²) in [7, 11) is 0. The summed E-state index contributed by atoms with van der Waals surface area (Å²) in [6, 6.07) is 0. The van der Waals surface area contributed by atoms with E-state index in [1.54, 1.807) is 0 Å². The van der Waals surface area contributed by atoms with Crippen LogP contribution in [0.4, 0.5) is 0 Å². The Bertz CT molecular complexity index is 968. The minimum atomic E-state index is -0.815. The second kappa shape index (κ2) is 40.5. The first-order valence-electron chi connectivity index (χ1n) is 20.1. The second-order valence-corrected chi connectivity index (χ2v) is 13.0. The van der Waals surface area contributed by atoms with Crippen LogP contribution in [0.2, 0.25) is 0 Å². The third-order valence-corrected chi connectivity index (χ3v) is 8.16. The van der Waals surface area contributed by atoms with Gasteiger partial charge in [-0.15, -0.1) is 0 Å². The first-order valence-corrected chi connectivity index (χ1v) is 20.1. The van der Waals surface area contributed by atoms with Gasteiger partial charge >= 0.3 is 11.9 Å². The largest absolute Gasteiger partial charge is 0.462 e. The number of ether oxygens (including phenoxy) is 2. The summed E-state index contributed by atoms with van der Waals surface area (Å²) < 4.78 is 10.5. The summed E-state index contributed by atoms with van der Waals surface area (Å²) >= 11 is 0. The molecule has 0 spiro atoms. The highest BCUT2D eigenvalue weighted by Crippen LogP contribution is 2.09. The van der Waals surface area contributed by atoms with Crippen LogP contribution in [-0.2, 0) is 19.1 Å². The number of hydrogen-bond acceptors (Lipinski definition) is 5. The molecule has 0 aliphatic rings. The first kappa shape index (κ1) is 47.1. The Hall–Kier alpha value is -2.92. The number of carbonyl (C=O) groups excluding carboxylic acids is 2. The number of aliphatic hydroxyl groups excluding tert-OH is 1. The van der Waals surface area contributed by atoms with E-state index in [0.717, 1.165) is 64.2 Å². The highest BCUT2D eigenvalue weighted by molar-refractivity contribution is 5.70. The lowest BCUT2D eigenvalue weighted by Gasteiger charge is -2.15. The molecular weight excluding hydrogens is 620 g/mol. The van der Waals surface area contributed by atoms with Gasteiger partial charge in [0, 0.05) is 12.8 Å². The van der Waals surface area contributed by atoms with Gasteiger partial charge in [0.15, 0.2) is 6.10 Å². The number of esters is 2. The van der Waals surface area contributed by atoms with E-state index in [-0.39, 0.29) is 31.6 Å². The molecule has 0 saturated heterocycles. The Morgan fingerprint density at radius 1 is 0.460 bits per heavy atom. The van der Waals surface area contributed by atoms with Crippen molar-refractivity contribution in [3.05, 3.63) is 85.1 Å². The molecule has 0 aromatic heterocycles. The molecule has 5 nitrogen and oxygen atoms in total. The lowest BCUT2D eigenvalue weighted by atomic mass is 10.1. The third kappa shape index (κ3) is 37.9. The molecule has 50 heavy (non-hydrogen) atoms. The molecule has 0 fully saturated rings. The Kier molecular flexibility index (Phi) is 38.1. The van der Waals surface area contributed by atoms with Crippen LogP contribution in [0.1, 0.15) is 168 Å². The van der Waals surface area contributed by atoms with Gasteiger partial charge in [0.25, 0.3) is 0 Å². The van der Waals surface area contributed by atoms with Crippen LogP contribution < -0.4 is 0 Å². The van der Waals surface area contributed by atoms with E-state index in [1.165, 1.54) is 70.6 Å². The van der Waals surface area contributed by atoms with Crippen molar-refractivity contribution in [3.8, 4) is 0 Å². The van der Waals surface area contributed by atoms with Crippen LogP contribution in [0, 0.1) is 0 Å². The summed E-state index contributed by atoms with van der Waals surface area (Å²) in [5, 5.41) is 9.55. The molecule has 1 N–H and O–H groups in total. The molecule has 0 radical (unpaired) electrons.